The summed E-state index contributed by atoms with van der Waals surface area (Å²) in [5.74, 6) is -0.509. The molecule has 0 saturated heterocycles. The molecule has 1 aromatic heterocycles. The highest BCUT2D eigenvalue weighted by molar-refractivity contribution is 5.94. The average molecular weight is 344 g/mol. The van der Waals surface area contributed by atoms with Gasteiger partial charge in [-0.25, -0.2) is 9.37 Å². The predicted octanol–water partition coefficient (Wildman–Crippen LogP) is 2.95. The van der Waals surface area contributed by atoms with Crippen LogP contribution in [0.15, 0.2) is 36.8 Å². The third kappa shape index (κ3) is 3.90. The Morgan fingerprint density at radius 2 is 2.16 bits per heavy atom. The Balaban J connectivity index is 1.76. The van der Waals surface area contributed by atoms with E-state index in [1.165, 1.54) is 12.1 Å². The van der Waals surface area contributed by atoms with E-state index in [-0.39, 0.29) is 17.8 Å². The zero-order chi connectivity index (χ0) is 17.8. The first-order valence-corrected chi connectivity index (χ1v) is 8.90. The quantitative estimate of drug-likeness (QED) is 0.809. The zero-order valence-corrected chi connectivity index (χ0v) is 14.9. The van der Waals surface area contributed by atoms with Crippen LogP contribution >= 0.6 is 0 Å². The molecule has 0 bridgehead atoms. The predicted molar refractivity (Wildman–Crippen MR) is 94.8 cm³/mol. The number of hydrogen-bond acceptors (Lipinski definition) is 3. The zero-order valence-electron chi connectivity index (χ0n) is 14.9. The summed E-state index contributed by atoms with van der Waals surface area (Å²) in [4.78, 5) is 21.2. The summed E-state index contributed by atoms with van der Waals surface area (Å²) < 4.78 is 15.6. The van der Waals surface area contributed by atoms with Gasteiger partial charge in [-0.3, -0.25) is 4.79 Å². The van der Waals surface area contributed by atoms with Gasteiger partial charge in [-0.05, 0) is 37.7 Å². The van der Waals surface area contributed by atoms with Crippen LogP contribution < -0.4 is 0 Å². The van der Waals surface area contributed by atoms with Crippen molar-refractivity contribution >= 4 is 5.91 Å². The van der Waals surface area contributed by atoms with Gasteiger partial charge in [0, 0.05) is 24.8 Å². The van der Waals surface area contributed by atoms with Gasteiger partial charge in [0.05, 0.1) is 24.6 Å². The minimum Gasteiger partial charge on any atom is -0.331 e. The normalized spacial score (nSPS) is 17.0. The van der Waals surface area contributed by atoms with Gasteiger partial charge in [0.1, 0.15) is 5.82 Å². The van der Waals surface area contributed by atoms with Crippen molar-refractivity contribution in [3.63, 3.8) is 0 Å². The minimum absolute atomic E-state index is 0.125. The van der Waals surface area contributed by atoms with Crippen LogP contribution in [-0.2, 0) is 6.54 Å². The molecule has 5 nitrogen and oxygen atoms in total. The minimum atomic E-state index is -0.383. The Bertz CT molecular complexity index is 726. The molecule has 1 amide bonds. The SMILES string of the molecule is CCN(CC)CC[C@@H]1CN(C(=O)c2cccc(F)c2)Cc2cncn21. The van der Waals surface area contributed by atoms with Crippen LogP contribution in [0, 0.1) is 5.82 Å². The molecular weight excluding hydrogens is 319 g/mol. The largest absolute Gasteiger partial charge is 0.331 e. The Hall–Kier alpha value is -2.21. The van der Waals surface area contributed by atoms with Gasteiger partial charge in [0.25, 0.3) is 5.91 Å². The standard InChI is InChI=1S/C19H25FN4O/c1-3-22(4-2)9-8-17-12-23(13-18-11-21-14-24(17)18)19(25)15-6-5-7-16(20)10-15/h5-7,10-11,14,17H,3-4,8-9,12-13H2,1-2H3/t17-/m1/s1. The lowest BCUT2D eigenvalue weighted by molar-refractivity contribution is 0.0667. The first-order chi connectivity index (χ1) is 12.1. The van der Waals surface area contributed by atoms with E-state index >= 15 is 0 Å². The highest BCUT2D eigenvalue weighted by Crippen LogP contribution is 2.25. The maximum Gasteiger partial charge on any atom is 0.254 e. The van der Waals surface area contributed by atoms with Crippen molar-refractivity contribution in [1.82, 2.24) is 19.4 Å². The van der Waals surface area contributed by atoms with E-state index in [9.17, 15) is 9.18 Å². The molecule has 2 aromatic rings. The number of benzene rings is 1. The van der Waals surface area contributed by atoms with Crippen molar-refractivity contribution in [2.75, 3.05) is 26.2 Å². The third-order valence-electron chi connectivity index (χ3n) is 4.96. The molecule has 2 heterocycles. The molecule has 0 radical (unpaired) electrons. The number of halogens is 1. The van der Waals surface area contributed by atoms with E-state index in [4.69, 9.17) is 0 Å². The number of imidazole rings is 1. The molecule has 0 fully saturated rings. The van der Waals surface area contributed by atoms with E-state index in [2.05, 4.69) is 28.3 Å². The molecule has 1 aromatic carbocycles. The number of amides is 1. The molecule has 0 spiro atoms. The molecule has 3 rings (SSSR count). The fourth-order valence-electron chi connectivity index (χ4n) is 3.45. The van der Waals surface area contributed by atoms with E-state index in [0.717, 1.165) is 31.7 Å². The molecule has 25 heavy (non-hydrogen) atoms. The smallest absolute Gasteiger partial charge is 0.254 e. The van der Waals surface area contributed by atoms with Gasteiger partial charge in [0.15, 0.2) is 0 Å². The maximum absolute atomic E-state index is 13.5. The Morgan fingerprint density at radius 1 is 1.36 bits per heavy atom. The van der Waals surface area contributed by atoms with E-state index in [1.807, 2.05) is 12.5 Å². The van der Waals surface area contributed by atoms with Crippen molar-refractivity contribution in [2.45, 2.75) is 32.9 Å². The number of carbonyl (C=O) groups is 1. The summed E-state index contributed by atoms with van der Waals surface area (Å²) in [6.07, 6.45) is 4.62. The number of fused-ring (bicyclic) bond motifs is 1. The van der Waals surface area contributed by atoms with Crippen molar-refractivity contribution in [1.29, 1.82) is 0 Å². The number of carbonyl (C=O) groups excluding carboxylic acids is 1. The Kier molecular flexibility index (Phi) is 5.48. The van der Waals surface area contributed by atoms with Crippen LogP contribution in [0.4, 0.5) is 4.39 Å². The lowest BCUT2D eigenvalue weighted by Crippen LogP contribution is -2.41. The van der Waals surface area contributed by atoms with Crippen LogP contribution in [0.25, 0.3) is 0 Å². The van der Waals surface area contributed by atoms with Gasteiger partial charge < -0.3 is 14.4 Å². The van der Waals surface area contributed by atoms with Crippen molar-refractivity contribution in [2.24, 2.45) is 0 Å². The van der Waals surface area contributed by atoms with E-state index in [0.29, 0.717) is 18.7 Å². The molecule has 1 atom stereocenters. The summed E-state index contributed by atoms with van der Waals surface area (Å²) in [6, 6.07) is 6.11. The van der Waals surface area contributed by atoms with Gasteiger partial charge in [-0.2, -0.15) is 0 Å². The van der Waals surface area contributed by atoms with Crippen molar-refractivity contribution in [3.05, 3.63) is 53.9 Å². The second kappa shape index (κ2) is 7.78. The van der Waals surface area contributed by atoms with E-state index < -0.39 is 0 Å². The number of hydrogen-bond donors (Lipinski definition) is 0. The molecule has 0 saturated carbocycles. The third-order valence-corrected chi connectivity index (χ3v) is 4.96. The fourth-order valence-corrected chi connectivity index (χ4v) is 3.45. The molecule has 1 aliphatic heterocycles. The lowest BCUT2D eigenvalue weighted by atomic mass is 10.1. The van der Waals surface area contributed by atoms with Crippen molar-refractivity contribution < 1.29 is 9.18 Å². The summed E-state index contributed by atoms with van der Waals surface area (Å²) in [7, 11) is 0. The molecule has 0 aliphatic carbocycles. The van der Waals surface area contributed by atoms with Crippen LogP contribution in [0.2, 0.25) is 0 Å². The summed E-state index contributed by atoms with van der Waals surface area (Å²) in [5.41, 5.74) is 1.43. The highest BCUT2D eigenvalue weighted by Gasteiger charge is 2.28. The van der Waals surface area contributed by atoms with Crippen LogP contribution in [0.1, 0.15) is 42.4 Å². The van der Waals surface area contributed by atoms with Gasteiger partial charge in [-0.15, -0.1) is 0 Å². The lowest BCUT2D eigenvalue weighted by Gasteiger charge is -2.35. The molecule has 134 valence electrons. The molecule has 1 aliphatic rings. The second-order valence-electron chi connectivity index (χ2n) is 6.46. The first-order valence-electron chi connectivity index (χ1n) is 8.90. The van der Waals surface area contributed by atoms with Gasteiger partial charge in [0.2, 0.25) is 0 Å². The number of nitrogens with zero attached hydrogens (tertiary/aromatic N) is 4. The number of rotatable bonds is 6. The van der Waals surface area contributed by atoms with Crippen LogP contribution in [0.5, 0.6) is 0 Å². The molecule has 6 heteroatoms. The summed E-state index contributed by atoms with van der Waals surface area (Å²) in [6.45, 7) is 8.48. The Morgan fingerprint density at radius 3 is 2.88 bits per heavy atom. The maximum atomic E-state index is 13.5. The first kappa shape index (κ1) is 17.6. The van der Waals surface area contributed by atoms with Crippen molar-refractivity contribution in [3.8, 4) is 0 Å². The van der Waals surface area contributed by atoms with Gasteiger partial charge >= 0.3 is 0 Å². The molecular formula is C19H25FN4O. The molecule has 0 N–H and O–H groups in total. The summed E-state index contributed by atoms with van der Waals surface area (Å²) >= 11 is 0. The topological polar surface area (TPSA) is 41.4 Å². The second-order valence-corrected chi connectivity index (χ2v) is 6.46. The molecule has 0 unspecified atom stereocenters. The van der Waals surface area contributed by atoms with Crippen LogP contribution in [0.3, 0.4) is 0 Å². The van der Waals surface area contributed by atoms with E-state index in [1.54, 1.807) is 17.0 Å². The average Bonchev–Trinajstić information content (AvgIpc) is 3.10. The number of aromatic nitrogens is 2. The Labute approximate surface area is 148 Å². The van der Waals surface area contributed by atoms with Crippen LogP contribution in [-0.4, -0.2) is 51.4 Å². The fraction of sp³-hybridized carbons (Fsp3) is 0.474. The highest BCUT2D eigenvalue weighted by atomic mass is 19.1. The summed E-state index contributed by atoms with van der Waals surface area (Å²) in [5, 5.41) is 0. The van der Waals surface area contributed by atoms with Gasteiger partial charge in [-0.1, -0.05) is 19.9 Å². The monoisotopic (exact) mass is 344 g/mol.